The standard InChI is InChI=1S/C20H27F3N4OS/c1-4-24-19(26-10-18-27-17(12-29-18)14(2)3)25-9-15-5-7-16(8-6-15)11-28-13-20(21,22)23/h5-8,12,14H,4,9-11,13H2,1-3H3,(H2,24,25,26). The first-order valence-corrected chi connectivity index (χ1v) is 10.3. The number of nitrogens with zero attached hydrogens (tertiary/aromatic N) is 2. The predicted molar refractivity (Wildman–Crippen MR) is 110 cm³/mol. The van der Waals surface area contributed by atoms with E-state index in [-0.39, 0.29) is 6.61 Å². The van der Waals surface area contributed by atoms with Crippen molar-refractivity contribution in [2.75, 3.05) is 13.2 Å². The second-order valence-corrected chi connectivity index (χ2v) is 7.74. The number of alkyl halides is 3. The van der Waals surface area contributed by atoms with Crippen LogP contribution in [0.2, 0.25) is 0 Å². The van der Waals surface area contributed by atoms with Crippen molar-refractivity contribution in [1.29, 1.82) is 0 Å². The Balaban J connectivity index is 1.86. The SMILES string of the molecule is CCNC(=NCc1ccc(COCC(F)(F)F)cc1)NCc1nc(C(C)C)cs1. The summed E-state index contributed by atoms with van der Waals surface area (Å²) in [6, 6.07) is 7.19. The number of hydrogen-bond donors (Lipinski definition) is 2. The molecule has 0 saturated carbocycles. The Morgan fingerprint density at radius 3 is 2.45 bits per heavy atom. The first-order valence-electron chi connectivity index (χ1n) is 9.45. The van der Waals surface area contributed by atoms with Crippen LogP contribution in [-0.2, 0) is 24.4 Å². The largest absolute Gasteiger partial charge is 0.411 e. The van der Waals surface area contributed by atoms with Gasteiger partial charge in [0.25, 0.3) is 0 Å². The highest BCUT2D eigenvalue weighted by atomic mass is 32.1. The van der Waals surface area contributed by atoms with Crippen LogP contribution >= 0.6 is 11.3 Å². The Kier molecular flexibility index (Phi) is 8.91. The molecule has 0 aliphatic rings. The highest BCUT2D eigenvalue weighted by Gasteiger charge is 2.27. The van der Waals surface area contributed by atoms with E-state index < -0.39 is 12.8 Å². The summed E-state index contributed by atoms with van der Waals surface area (Å²) in [5, 5.41) is 9.55. The van der Waals surface area contributed by atoms with Crippen molar-refractivity contribution in [2.24, 2.45) is 4.99 Å². The first-order chi connectivity index (χ1) is 13.8. The highest BCUT2D eigenvalue weighted by Crippen LogP contribution is 2.18. The molecular weight excluding hydrogens is 401 g/mol. The van der Waals surface area contributed by atoms with Crippen molar-refractivity contribution in [1.82, 2.24) is 15.6 Å². The number of aromatic nitrogens is 1. The second kappa shape index (κ2) is 11.2. The molecule has 0 spiro atoms. The van der Waals surface area contributed by atoms with E-state index in [0.717, 1.165) is 22.8 Å². The van der Waals surface area contributed by atoms with Crippen LogP contribution in [0.25, 0.3) is 0 Å². The average molecular weight is 429 g/mol. The van der Waals surface area contributed by atoms with Crippen molar-refractivity contribution in [3.8, 4) is 0 Å². The maximum Gasteiger partial charge on any atom is 0.411 e. The van der Waals surface area contributed by atoms with E-state index in [2.05, 4.69) is 44.6 Å². The van der Waals surface area contributed by atoms with Gasteiger partial charge in [-0.05, 0) is 24.0 Å². The monoisotopic (exact) mass is 428 g/mol. The minimum absolute atomic E-state index is 0.0700. The van der Waals surface area contributed by atoms with Gasteiger partial charge in [-0.15, -0.1) is 11.3 Å². The third kappa shape index (κ3) is 8.82. The van der Waals surface area contributed by atoms with Crippen molar-refractivity contribution in [3.05, 3.63) is 51.5 Å². The van der Waals surface area contributed by atoms with E-state index in [0.29, 0.717) is 30.5 Å². The lowest BCUT2D eigenvalue weighted by molar-refractivity contribution is -0.176. The van der Waals surface area contributed by atoms with Gasteiger partial charge in [-0.3, -0.25) is 0 Å². The lowest BCUT2D eigenvalue weighted by Crippen LogP contribution is -2.36. The molecule has 0 aliphatic carbocycles. The van der Waals surface area contributed by atoms with E-state index >= 15 is 0 Å². The third-order valence-corrected chi connectivity index (χ3v) is 4.76. The molecule has 0 atom stereocenters. The summed E-state index contributed by atoms with van der Waals surface area (Å²) in [7, 11) is 0. The smallest absolute Gasteiger partial charge is 0.367 e. The second-order valence-electron chi connectivity index (χ2n) is 6.79. The van der Waals surface area contributed by atoms with Crippen molar-refractivity contribution >= 4 is 17.3 Å². The zero-order valence-corrected chi connectivity index (χ0v) is 17.7. The van der Waals surface area contributed by atoms with E-state index in [1.165, 1.54) is 0 Å². The van der Waals surface area contributed by atoms with Gasteiger partial charge in [0.05, 0.1) is 25.4 Å². The molecule has 0 saturated heterocycles. The number of benzene rings is 1. The average Bonchev–Trinajstić information content (AvgIpc) is 3.13. The van der Waals surface area contributed by atoms with E-state index in [9.17, 15) is 13.2 Å². The van der Waals surface area contributed by atoms with Gasteiger partial charge in [0.2, 0.25) is 0 Å². The maximum absolute atomic E-state index is 12.1. The number of thiazole rings is 1. The van der Waals surface area contributed by atoms with Crippen LogP contribution in [0.4, 0.5) is 13.2 Å². The fourth-order valence-electron chi connectivity index (χ4n) is 2.37. The molecule has 0 bridgehead atoms. The summed E-state index contributed by atoms with van der Waals surface area (Å²) in [6.07, 6.45) is -4.31. The lowest BCUT2D eigenvalue weighted by Gasteiger charge is -2.10. The van der Waals surface area contributed by atoms with E-state index in [1.54, 1.807) is 23.5 Å². The molecule has 9 heteroatoms. The Hall–Kier alpha value is -2.13. The van der Waals surface area contributed by atoms with Gasteiger partial charge in [0.15, 0.2) is 5.96 Å². The minimum Gasteiger partial charge on any atom is -0.367 e. The van der Waals surface area contributed by atoms with Crippen LogP contribution in [0.1, 0.15) is 48.5 Å². The Labute approximate surface area is 173 Å². The molecule has 0 unspecified atom stereocenters. The van der Waals surface area contributed by atoms with Crippen LogP contribution in [0.3, 0.4) is 0 Å². The van der Waals surface area contributed by atoms with Crippen molar-refractivity contribution < 1.29 is 17.9 Å². The third-order valence-electron chi connectivity index (χ3n) is 3.89. The molecule has 160 valence electrons. The van der Waals surface area contributed by atoms with Crippen LogP contribution in [0.5, 0.6) is 0 Å². The van der Waals surface area contributed by atoms with Crippen LogP contribution in [0, 0.1) is 0 Å². The Morgan fingerprint density at radius 2 is 1.86 bits per heavy atom. The predicted octanol–water partition coefficient (Wildman–Crippen LogP) is 4.60. The summed E-state index contributed by atoms with van der Waals surface area (Å²) in [5.74, 6) is 1.09. The summed E-state index contributed by atoms with van der Waals surface area (Å²) < 4.78 is 41.0. The molecule has 29 heavy (non-hydrogen) atoms. The zero-order chi connectivity index (χ0) is 21.3. The number of nitrogens with one attached hydrogen (secondary N) is 2. The van der Waals surface area contributed by atoms with E-state index in [4.69, 9.17) is 0 Å². The van der Waals surface area contributed by atoms with Crippen LogP contribution < -0.4 is 10.6 Å². The van der Waals surface area contributed by atoms with Crippen LogP contribution in [-0.4, -0.2) is 30.3 Å². The molecule has 1 aromatic heterocycles. The molecule has 0 amide bonds. The van der Waals surface area contributed by atoms with Gasteiger partial charge < -0.3 is 15.4 Å². The highest BCUT2D eigenvalue weighted by molar-refractivity contribution is 7.09. The van der Waals surface area contributed by atoms with E-state index in [1.807, 2.05) is 19.1 Å². The molecule has 2 rings (SSSR count). The summed E-state index contributed by atoms with van der Waals surface area (Å²) >= 11 is 1.62. The molecule has 1 aromatic carbocycles. The molecule has 2 N–H and O–H groups in total. The fourth-order valence-corrected chi connectivity index (χ4v) is 3.26. The number of rotatable bonds is 9. The van der Waals surface area contributed by atoms with Gasteiger partial charge in [0.1, 0.15) is 11.6 Å². The minimum atomic E-state index is -4.31. The molecule has 2 aromatic rings. The fraction of sp³-hybridized carbons (Fsp3) is 0.500. The molecule has 0 radical (unpaired) electrons. The quantitative estimate of drug-likeness (QED) is 0.453. The van der Waals surface area contributed by atoms with Crippen molar-refractivity contribution in [3.63, 3.8) is 0 Å². The van der Waals surface area contributed by atoms with Gasteiger partial charge in [-0.2, -0.15) is 13.2 Å². The normalized spacial score (nSPS) is 12.4. The number of halogens is 3. The molecule has 0 fully saturated rings. The maximum atomic E-state index is 12.1. The zero-order valence-electron chi connectivity index (χ0n) is 16.8. The Bertz CT molecular complexity index is 773. The number of guanidine groups is 1. The van der Waals surface area contributed by atoms with Gasteiger partial charge in [0, 0.05) is 11.9 Å². The number of aliphatic imine (C=N–C) groups is 1. The Morgan fingerprint density at radius 1 is 1.17 bits per heavy atom. The van der Waals surface area contributed by atoms with Gasteiger partial charge in [-0.1, -0.05) is 38.1 Å². The summed E-state index contributed by atoms with van der Waals surface area (Å²) in [4.78, 5) is 9.16. The van der Waals surface area contributed by atoms with Crippen LogP contribution in [0.15, 0.2) is 34.6 Å². The molecule has 0 aliphatic heterocycles. The molecule has 5 nitrogen and oxygen atoms in total. The topological polar surface area (TPSA) is 58.5 Å². The number of ether oxygens (including phenoxy) is 1. The van der Waals surface area contributed by atoms with Gasteiger partial charge >= 0.3 is 6.18 Å². The first kappa shape index (κ1) is 23.2. The number of hydrogen-bond acceptors (Lipinski definition) is 4. The summed E-state index contributed by atoms with van der Waals surface area (Å²) in [5.41, 5.74) is 2.74. The van der Waals surface area contributed by atoms with Gasteiger partial charge in [-0.25, -0.2) is 9.98 Å². The summed E-state index contributed by atoms with van der Waals surface area (Å²) in [6.45, 7) is 6.70. The molecule has 1 heterocycles. The molecular formula is C20H27F3N4OS. The lowest BCUT2D eigenvalue weighted by atomic mass is 10.1. The van der Waals surface area contributed by atoms with Crippen molar-refractivity contribution in [2.45, 2.75) is 52.6 Å².